The van der Waals surface area contributed by atoms with E-state index in [0.29, 0.717) is 0 Å². The summed E-state index contributed by atoms with van der Waals surface area (Å²) in [5.41, 5.74) is 0.0714. The number of aromatic nitrogens is 1. The fourth-order valence-corrected chi connectivity index (χ4v) is 1.99. The molecule has 0 bridgehead atoms. The maximum Gasteiger partial charge on any atom is 0.218 e. The van der Waals surface area contributed by atoms with Crippen molar-refractivity contribution in [1.29, 1.82) is 5.26 Å². The van der Waals surface area contributed by atoms with Crippen molar-refractivity contribution in [3.8, 4) is 6.07 Å². The summed E-state index contributed by atoms with van der Waals surface area (Å²) in [4.78, 5) is 3.59. The van der Waals surface area contributed by atoms with Crippen LogP contribution in [-0.4, -0.2) is 13.4 Å². The predicted molar refractivity (Wildman–Crippen MR) is 51.3 cm³/mol. The van der Waals surface area contributed by atoms with Crippen LogP contribution in [-0.2, 0) is 9.84 Å². The standard InChI is InChI=1S/C8H5ClN2O2S/c1-2-14(12,13)8-7(9)6(5-10)3-4-11-8/h2-4H,1H2. The zero-order valence-corrected chi connectivity index (χ0v) is 8.51. The van der Waals surface area contributed by atoms with Gasteiger partial charge in [-0.3, -0.25) is 0 Å². The molecule has 4 nitrogen and oxygen atoms in total. The summed E-state index contributed by atoms with van der Waals surface area (Å²) in [6.45, 7) is 3.14. The number of nitrogens with zero attached hydrogens (tertiary/aromatic N) is 2. The van der Waals surface area contributed by atoms with Crippen LogP contribution < -0.4 is 0 Å². The molecule has 1 heterocycles. The predicted octanol–water partition coefficient (Wildman–Crippen LogP) is 1.52. The highest BCUT2D eigenvalue weighted by Crippen LogP contribution is 2.23. The molecule has 0 atom stereocenters. The minimum absolute atomic E-state index is 0.0714. The highest BCUT2D eigenvalue weighted by atomic mass is 35.5. The Morgan fingerprint density at radius 3 is 2.79 bits per heavy atom. The minimum atomic E-state index is -3.69. The van der Waals surface area contributed by atoms with E-state index in [0.717, 1.165) is 5.41 Å². The van der Waals surface area contributed by atoms with Gasteiger partial charge in [-0.2, -0.15) is 5.26 Å². The van der Waals surface area contributed by atoms with Crippen LogP contribution in [0.3, 0.4) is 0 Å². The van der Waals surface area contributed by atoms with E-state index < -0.39 is 9.84 Å². The third-order valence-electron chi connectivity index (χ3n) is 1.47. The molecule has 1 aromatic heterocycles. The summed E-state index contributed by atoms with van der Waals surface area (Å²) in [6.07, 6.45) is 1.21. The van der Waals surface area contributed by atoms with Gasteiger partial charge in [0.1, 0.15) is 6.07 Å². The number of rotatable bonds is 2. The average Bonchev–Trinajstić information content (AvgIpc) is 2.18. The molecular formula is C8H5ClN2O2S. The second-order valence-electron chi connectivity index (χ2n) is 2.30. The monoisotopic (exact) mass is 228 g/mol. The molecule has 72 valence electrons. The lowest BCUT2D eigenvalue weighted by Crippen LogP contribution is -2.01. The molecular weight excluding hydrogens is 224 g/mol. The second kappa shape index (κ2) is 3.78. The van der Waals surface area contributed by atoms with Gasteiger partial charge >= 0.3 is 0 Å². The first-order chi connectivity index (χ1) is 6.53. The molecule has 0 spiro atoms. The van der Waals surface area contributed by atoms with E-state index in [9.17, 15) is 8.42 Å². The maximum atomic E-state index is 11.3. The molecule has 0 unspecified atom stereocenters. The zero-order chi connectivity index (χ0) is 10.8. The van der Waals surface area contributed by atoms with Crippen molar-refractivity contribution in [3.63, 3.8) is 0 Å². The lowest BCUT2D eigenvalue weighted by Gasteiger charge is -2.01. The molecule has 0 fully saturated rings. The van der Waals surface area contributed by atoms with Gasteiger partial charge in [0.05, 0.1) is 10.6 Å². The molecule has 0 aliphatic heterocycles. The molecule has 0 N–H and O–H groups in total. The fraction of sp³-hybridized carbons (Fsp3) is 0. The molecule has 0 aliphatic rings. The van der Waals surface area contributed by atoms with Gasteiger partial charge in [-0.25, -0.2) is 13.4 Å². The van der Waals surface area contributed by atoms with Gasteiger partial charge in [-0.15, -0.1) is 0 Å². The molecule has 0 amide bonds. The van der Waals surface area contributed by atoms with E-state index in [-0.39, 0.29) is 15.6 Å². The van der Waals surface area contributed by atoms with Crippen LogP contribution in [0.5, 0.6) is 0 Å². The first kappa shape index (κ1) is 10.7. The Morgan fingerprint density at radius 2 is 2.29 bits per heavy atom. The summed E-state index contributed by atoms with van der Waals surface area (Å²) in [7, 11) is -3.69. The molecule has 0 aliphatic carbocycles. The summed E-state index contributed by atoms with van der Waals surface area (Å²) in [6, 6.07) is 3.10. The van der Waals surface area contributed by atoms with Crippen LogP contribution >= 0.6 is 11.6 Å². The summed E-state index contributed by atoms with van der Waals surface area (Å²) >= 11 is 5.66. The van der Waals surface area contributed by atoms with Crippen LogP contribution in [0, 0.1) is 11.3 Å². The molecule has 1 aromatic rings. The maximum absolute atomic E-state index is 11.3. The Bertz CT molecular complexity index is 517. The largest absolute Gasteiger partial charge is 0.243 e. The molecule has 0 saturated carbocycles. The van der Waals surface area contributed by atoms with Crippen LogP contribution in [0.15, 0.2) is 29.3 Å². The third-order valence-corrected chi connectivity index (χ3v) is 3.25. The number of halogens is 1. The number of hydrogen-bond acceptors (Lipinski definition) is 4. The summed E-state index contributed by atoms with van der Waals surface area (Å²) in [5.74, 6) is 0. The van der Waals surface area contributed by atoms with Crippen molar-refractivity contribution >= 4 is 21.4 Å². The fourth-order valence-electron chi connectivity index (χ4n) is 0.788. The Balaban J connectivity index is 3.55. The van der Waals surface area contributed by atoms with E-state index in [4.69, 9.17) is 16.9 Å². The Morgan fingerprint density at radius 1 is 1.64 bits per heavy atom. The SMILES string of the molecule is C=CS(=O)(=O)c1nccc(C#N)c1Cl. The Kier molecular flexibility index (Phi) is 2.89. The van der Waals surface area contributed by atoms with E-state index in [1.54, 1.807) is 6.07 Å². The minimum Gasteiger partial charge on any atom is -0.243 e. The summed E-state index contributed by atoms with van der Waals surface area (Å²) < 4.78 is 22.6. The van der Waals surface area contributed by atoms with Crippen molar-refractivity contribution in [2.45, 2.75) is 5.03 Å². The van der Waals surface area contributed by atoms with E-state index in [2.05, 4.69) is 11.6 Å². The van der Waals surface area contributed by atoms with Gasteiger partial charge < -0.3 is 0 Å². The van der Waals surface area contributed by atoms with Gasteiger partial charge in [-0.05, 0) is 6.07 Å². The van der Waals surface area contributed by atoms with Crippen molar-refractivity contribution in [1.82, 2.24) is 4.98 Å². The lowest BCUT2D eigenvalue weighted by atomic mass is 10.3. The van der Waals surface area contributed by atoms with Gasteiger partial charge in [0.25, 0.3) is 0 Å². The molecule has 6 heteroatoms. The Hall–Kier alpha value is -1.38. The lowest BCUT2D eigenvalue weighted by molar-refractivity contribution is 0.601. The van der Waals surface area contributed by atoms with Gasteiger partial charge in [0.2, 0.25) is 9.84 Å². The van der Waals surface area contributed by atoms with Gasteiger partial charge in [-0.1, -0.05) is 18.2 Å². The van der Waals surface area contributed by atoms with E-state index >= 15 is 0 Å². The topological polar surface area (TPSA) is 70.8 Å². The first-order valence-electron chi connectivity index (χ1n) is 3.45. The molecule has 1 rings (SSSR count). The molecule has 0 saturated heterocycles. The van der Waals surface area contributed by atoms with Crippen LogP contribution in [0.1, 0.15) is 5.56 Å². The number of sulfone groups is 1. The van der Waals surface area contributed by atoms with Crippen molar-refractivity contribution in [2.24, 2.45) is 0 Å². The van der Waals surface area contributed by atoms with Gasteiger partial charge in [0.15, 0.2) is 5.03 Å². The molecule has 0 aromatic carbocycles. The number of hydrogen-bond donors (Lipinski definition) is 0. The average molecular weight is 229 g/mol. The number of pyridine rings is 1. The summed E-state index contributed by atoms with van der Waals surface area (Å²) in [5, 5.41) is 8.83. The van der Waals surface area contributed by atoms with Crippen LogP contribution in [0.25, 0.3) is 0 Å². The highest BCUT2D eigenvalue weighted by molar-refractivity contribution is 7.94. The number of nitriles is 1. The zero-order valence-electron chi connectivity index (χ0n) is 6.94. The highest BCUT2D eigenvalue weighted by Gasteiger charge is 2.18. The van der Waals surface area contributed by atoms with Gasteiger partial charge in [0, 0.05) is 11.6 Å². The first-order valence-corrected chi connectivity index (χ1v) is 5.37. The quantitative estimate of drug-likeness (QED) is 0.770. The Labute approximate surface area is 86.4 Å². The van der Waals surface area contributed by atoms with E-state index in [1.165, 1.54) is 12.3 Å². The smallest absolute Gasteiger partial charge is 0.218 e. The van der Waals surface area contributed by atoms with Crippen LogP contribution in [0.4, 0.5) is 0 Å². The molecule has 14 heavy (non-hydrogen) atoms. The third kappa shape index (κ3) is 1.76. The van der Waals surface area contributed by atoms with Crippen molar-refractivity contribution in [3.05, 3.63) is 34.8 Å². The molecule has 0 radical (unpaired) electrons. The second-order valence-corrected chi connectivity index (χ2v) is 4.49. The van der Waals surface area contributed by atoms with Crippen molar-refractivity contribution in [2.75, 3.05) is 0 Å². The van der Waals surface area contributed by atoms with E-state index in [1.807, 2.05) is 0 Å². The normalized spacial score (nSPS) is 10.6. The van der Waals surface area contributed by atoms with Crippen molar-refractivity contribution < 1.29 is 8.42 Å². The van der Waals surface area contributed by atoms with Crippen LogP contribution in [0.2, 0.25) is 5.02 Å².